The van der Waals surface area contributed by atoms with E-state index in [2.05, 4.69) is 34.6 Å². The van der Waals surface area contributed by atoms with Gasteiger partial charge in [0.15, 0.2) is 0 Å². The Morgan fingerprint density at radius 1 is 1.07 bits per heavy atom. The van der Waals surface area contributed by atoms with E-state index in [4.69, 9.17) is 17.3 Å². The molecule has 0 aromatic heterocycles. The minimum Gasteiger partial charge on any atom is -0.313 e. The van der Waals surface area contributed by atoms with Gasteiger partial charge in [0.05, 0.1) is 5.00 Å². The lowest BCUT2D eigenvalue weighted by molar-refractivity contribution is 0.186. The van der Waals surface area contributed by atoms with Gasteiger partial charge in [0, 0.05) is 0 Å². The first kappa shape index (κ1) is 14.2. The first-order valence-electron chi connectivity index (χ1n) is 5.63. The standard InChI is InChI=1S/C12H26ClN/c1-8(2)10(5)11(9(3)4)7-12(6,13)14/h8-11H,7,14H2,1-6H3. The van der Waals surface area contributed by atoms with Crippen molar-refractivity contribution >= 4 is 11.6 Å². The lowest BCUT2D eigenvalue weighted by atomic mass is 9.75. The van der Waals surface area contributed by atoms with Gasteiger partial charge in [0.25, 0.3) is 0 Å². The van der Waals surface area contributed by atoms with Gasteiger partial charge in [-0.1, -0.05) is 34.6 Å². The largest absolute Gasteiger partial charge is 0.313 e. The average Bonchev–Trinajstić information content (AvgIpc) is 1.96. The van der Waals surface area contributed by atoms with Crippen LogP contribution < -0.4 is 5.73 Å². The fourth-order valence-electron chi connectivity index (χ4n) is 1.98. The van der Waals surface area contributed by atoms with Crippen LogP contribution in [0, 0.1) is 23.7 Å². The highest BCUT2D eigenvalue weighted by molar-refractivity contribution is 6.23. The van der Waals surface area contributed by atoms with Crippen molar-refractivity contribution in [3.8, 4) is 0 Å². The van der Waals surface area contributed by atoms with Gasteiger partial charge < -0.3 is 5.73 Å². The highest BCUT2D eigenvalue weighted by Crippen LogP contribution is 2.33. The molecule has 3 atom stereocenters. The number of hydrogen-bond acceptors (Lipinski definition) is 1. The van der Waals surface area contributed by atoms with Crippen LogP contribution >= 0.6 is 11.6 Å². The van der Waals surface area contributed by atoms with E-state index in [-0.39, 0.29) is 0 Å². The predicted molar refractivity (Wildman–Crippen MR) is 65.4 cm³/mol. The van der Waals surface area contributed by atoms with Crippen molar-refractivity contribution < 1.29 is 0 Å². The molecule has 0 fully saturated rings. The molecular formula is C12H26ClN. The molecule has 86 valence electrons. The number of alkyl halides is 1. The molecule has 0 aliphatic rings. The molecule has 0 aliphatic heterocycles. The quantitative estimate of drug-likeness (QED) is 0.552. The minimum atomic E-state index is -0.557. The van der Waals surface area contributed by atoms with Crippen molar-refractivity contribution in [3.63, 3.8) is 0 Å². The number of nitrogens with two attached hydrogens (primary N) is 1. The average molecular weight is 220 g/mol. The molecule has 0 saturated heterocycles. The molecule has 0 amide bonds. The summed E-state index contributed by atoms with van der Waals surface area (Å²) in [5.41, 5.74) is 5.88. The summed E-state index contributed by atoms with van der Waals surface area (Å²) in [6, 6.07) is 0. The van der Waals surface area contributed by atoms with Gasteiger partial charge in [0.2, 0.25) is 0 Å². The van der Waals surface area contributed by atoms with E-state index >= 15 is 0 Å². The summed E-state index contributed by atoms with van der Waals surface area (Å²) in [6.07, 6.45) is 0.894. The van der Waals surface area contributed by atoms with Crippen LogP contribution in [0.3, 0.4) is 0 Å². The zero-order valence-corrected chi connectivity index (χ0v) is 11.2. The molecule has 0 saturated carbocycles. The van der Waals surface area contributed by atoms with Crippen molar-refractivity contribution in [3.05, 3.63) is 0 Å². The van der Waals surface area contributed by atoms with Gasteiger partial charge in [-0.15, -0.1) is 11.6 Å². The first-order chi connectivity index (χ1) is 6.15. The minimum absolute atomic E-state index is 0.557. The Morgan fingerprint density at radius 3 is 1.71 bits per heavy atom. The van der Waals surface area contributed by atoms with Crippen LogP contribution in [0.5, 0.6) is 0 Å². The van der Waals surface area contributed by atoms with Crippen molar-refractivity contribution in [2.75, 3.05) is 0 Å². The highest BCUT2D eigenvalue weighted by Gasteiger charge is 2.29. The summed E-state index contributed by atoms with van der Waals surface area (Å²) in [5.74, 6) is 2.63. The fourth-order valence-corrected chi connectivity index (χ4v) is 2.16. The topological polar surface area (TPSA) is 26.0 Å². The Morgan fingerprint density at radius 2 is 1.50 bits per heavy atom. The van der Waals surface area contributed by atoms with E-state index in [0.29, 0.717) is 23.7 Å². The Kier molecular flexibility index (Phi) is 5.46. The first-order valence-corrected chi connectivity index (χ1v) is 6.00. The van der Waals surface area contributed by atoms with Crippen LogP contribution in [0.2, 0.25) is 0 Å². The molecule has 3 unspecified atom stereocenters. The lowest BCUT2D eigenvalue weighted by Crippen LogP contribution is -2.36. The van der Waals surface area contributed by atoms with Crippen molar-refractivity contribution in [2.24, 2.45) is 29.4 Å². The van der Waals surface area contributed by atoms with Gasteiger partial charge >= 0.3 is 0 Å². The van der Waals surface area contributed by atoms with E-state index in [1.807, 2.05) is 6.92 Å². The molecule has 1 nitrogen and oxygen atoms in total. The Hall–Kier alpha value is 0.250. The van der Waals surface area contributed by atoms with E-state index in [1.165, 1.54) is 0 Å². The van der Waals surface area contributed by atoms with Gasteiger partial charge in [0.1, 0.15) is 0 Å². The van der Waals surface area contributed by atoms with Gasteiger partial charge in [-0.3, -0.25) is 0 Å². The maximum atomic E-state index is 6.10. The Bertz CT molecular complexity index is 158. The summed E-state index contributed by atoms with van der Waals surface area (Å²) in [4.78, 5) is -0.557. The molecular weight excluding hydrogens is 194 g/mol. The Labute approximate surface area is 94.4 Å². The number of hydrogen-bond donors (Lipinski definition) is 1. The fraction of sp³-hybridized carbons (Fsp3) is 1.00. The van der Waals surface area contributed by atoms with Crippen LogP contribution in [0.4, 0.5) is 0 Å². The third kappa shape index (κ3) is 5.21. The predicted octanol–water partition coefficient (Wildman–Crippen LogP) is 3.85. The van der Waals surface area contributed by atoms with E-state index < -0.39 is 5.00 Å². The third-order valence-corrected chi connectivity index (χ3v) is 3.37. The maximum absolute atomic E-state index is 6.10. The van der Waals surface area contributed by atoms with Crippen LogP contribution in [0.25, 0.3) is 0 Å². The normalized spacial score (nSPS) is 21.0. The third-order valence-electron chi connectivity index (χ3n) is 3.22. The van der Waals surface area contributed by atoms with Crippen LogP contribution in [0.15, 0.2) is 0 Å². The van der Waals surface area contributed by atoms with E-state index in [1.54, 1.807) is 0 Å². The molecule has 0 rings (SSSR count). The monoisotopic (exact) mass is 219 g/mol. The molecule has 0 radical (unpaired) electrons. The number of halogens is 1. The van der Waals surface area contributed by atoms with Crippen molar-refractivity contribution in [1.82, 2.24) is 0 Å². The summed E-state index contributed by atoms with van der Waals surface area (Å²) < 4.78 is 0. The second kappa shape index (κ2) is 5.37. The second-order valence-electron chi connectivity index (χ2n) is 5.49. The van der Waals surface area contributed by atoms with E-state index in [9.17, 15) is 0 Å². The maximum Gasteiger partial charge on any atom is 0.0885 e. The van der Waals surface area contributed by atoms with Crippen LogP contribution in [0.1, 0.15) is 48.0 Å². The van der Waals surface area contributed by atoms with Gasteiger partial charge in [-0.05, 0) is 37.0 Å². The molecule has 0 bridgehead atoms. The molecule has 0 heterocycles. The van der Waals surface area contributed by atoms with Crippen molar-refractivity contribution in [1.29, 1.82) is 0 Å². The zero-order chi connectivity index (χ0) is 11.5. The van der Waals surface area contributed by atoms with Gasteiger partial charge in [-0.25, -0.2) is 0 Å². The molecule has 2 N–H and O–H groups in total. The molecule has 0 aromatic rings. The lowest BCUT2D eigenvalue weighted by Gasteiger charge is -2.34. The van der Waals surface area contributed by atoms with Crippen LogP contribution in [-0.4, -0.2) is 5.00 Å². The summed E-state index contributed by atoms with van der Waals surface area (Å²) in [7, 11) is 0. The molecule has 2 heteroatoms. The van der Waals surface area contributed by atoms with Crippen molar-refractivity contribution in [2.45, 2.75) is 53.0 Å². The Balaban J connectivity index is 4.45. The molecule has 0 aromatic carbocycles. The summed E-state index contributed by atoms with van der Waals surface area (Å²) in [6.45, 7) is 13.2. The summed E-state index contributed by atoms with van der Waals surface area (Å²) in [5, 5.41) is 0. The molecule has 0 spiro atoms. The summed E-state index contributed by atoms with van der Waals surface area (Å²) >= 11 is 6.10. The molecule has 14 heavy (non-hydrogen) atoms. The SMILES string of the molecule is CC(C)C(C)C(CC(C)(N)Cl)C(C)C. The smallest absolute Gasteiger partial charge is 0.0885 e. The van der Waals surface area contributed by atoms with Gasteiger partial charge in [-0.2, -0.15) is 0 Å². The van der Waals surface area contributed by atoms with Crippen LogP contribution in [-0.2, 0) is 0 Å². The van der Waals surface area contributed by atoms with E-state index in [0.717, 1.165) is 6.42 Å². The zero-order valence-electron chi connectivity index (χ0n) is 10.5. The highest BCUT2D eigenvalue weighted by atomic mass is 35.5. The number of rotatable bonds is 5. The molecule has 0 aliphatic carbocycles. The second-order valence-corrected chi connectivity index (χ2v) is 6.36.